The number of carbonyl (C=O) groups is 1. The average Bonchev–Trinajstić information content (AvgIpc) is 2.16. The van der Waals surface area contributed by atoms with E-state index in [2.05, 4.69) is 41.9 Å². The van der Waals surface area contributed by atoms with Crippen LogP contribution in [0, 0.1) is 5.92 Å². The van der Waals surface area contributed by atoms with Gasteiger partial charge in [0.1, 0.15) is 5.78 Å². The van der Waals surface area contributed by atoms with Crippen LogP contribution in [0.5, 0.6) is 0 Å². The highest BCUT2D eigenvalue weighted by Crippen LogP contribution is 2.13. The van der Waals surface area contributed by atoms with Gasteiger partial charge in [0.15, 0.2) is 0 Å². The zero-order valence-electron chi connectivity index (χ0n) is 9.29. The molecule has 0 unspecified atom stereocenters. The molecule has 0 atom stereocenters. The zero-order chi connectivity index (χ0) is 11.3. The van der Waals surface area contributed by atoms with Gasteiger partial charge in [-0.15, -0.1) is 0 Å². The van der Waals surface area contributed by atoms with Crippen LogP contribution in [-0.4, -0.2) is 5.78 Å². The molecule has 0 aliphatic carbocycles. The van der Waals surface area contributed by atoms with Crippen molar-refractivity contribution in [2.75, 3.05) is 0 Å². The van der Waals surface area contributed by atoms with E-state index in [0.717, 1.165) is 10.9 Å². The van der Waals surface area contributed by atoms with Crippen LogP contribution in [0.15, 0.2) is 28.7 Å². The molecule has 0 aromatic heterocycles. The predicted molar refractivity (Wildman–Crippen MR) is 66.9 cm³/mol. The summed E-state index contributed by atoms with van der Waals surface area (Å²) in [6, 6.07) is 8.16. The van der Waals surface area contributed by atoms with Gasteiger partial charge < -0.3 is 0 Å². The number of benzene rings is 1. The van der Waals surface area contributed by atoms with Crippen LogP contribution in [0.3, 0.4) is 0 Å². The Balaban J connectivity index is 2.37. The first kappa shape index (κ1) is 12.4. The molecule has 0 N–H and O–H groups in total. The second-order valence-corrected chi connectivity index (χ2v) is 5.18. The van der Waals surface area contributed by atoms with Crippen LogP contribution in [0.25, 0.3) is 0 Å². The standard InChI is InChI=1S/C13H17BrO/c1-10(2)9-13(15)8-5-11-3-6-12(14)7-4-11/h3-4,6-7,10H,5,8-9H2,1-2H3. The van der Waals surface area contributed by atoms with E-state index in [1.165, 1.54) is 5.56 Å². The van der Waals surface area contributed by atoms with Gasteiger partial charge in [0.05, 0.1) is 0 Å². The summed E-state index contributed by atoms with van der Waals surface area (Å²) in [5.74, 6) is 0.843. The molecule has 0 heterocycles. The van der Waals surface area contributed by atoms with Crippen molar-refractivity contribution >= 4 is 21.7 Å². The Morgan fingerprint density at radius 3 is 2.40 bits per heavy atom. The third kappa shape index (κ3) is 5.12. The predicted octanol–water partition coefficient (Wildman–Crippen LogP) is 4.00. The van der Waals surface area contributed by atoms with Gasteiger partial charge in [-0.3, -0.25) is 4.79 Å². The van der Waals surface area contributed by atoms with E-state index in [0.29, 0.717) is 24.5 Å². The first-order valence-electron chi connectivity index (χ1n) is 5.34. The maximum absolute atomic E-state index is 11.5. The lowest BCUT2D eigenvalue weighted by Gasteiger charge is -2.04. The van der Waals surface area contributed by atoms with Crippen molar-refractivity contribution in [2.45, 2.75) is 33.1 Å². The Labute approximate surface area is 100 Å². The van der Waals surface area contributed by atoms with Crippen LogP contribution in [0.1, 0.15) is 32.3 Å². The molecule has 0 fully saturated rings. The Hall–Kier alpha value is -0.630. The summed E-state index contributed by atoms with van der Waals surface area (Å²) in [7, 11) is 0. The lowest BCUT2D eigenvalue weighted by atomic mass is 10.0. The third-order valence-electron chi connectivity index (χ3n) is 2.24. The lowest BCUT2D eigenvalue weighted by molar-refractivity contribution is -0.119. The minimum Gasteiger partial charge on any atom is -0.300 e. The number of rotatable bonds is 5. The number of halogens is 1. The second-order valence-electron chi connectivity index (χ2n) is 4.26. The topological polar surface area (TPSA) is 17.1 Å². The van der Waals surface area contributed by atoms with Gasteiger partial charge in [-0.1, -0.05) is 41.9 Å². The number of hydrogen-bond donors (Lipinski definition) is 0. The van der Waals surface area contributed by atoms with Crippen molar-refractivity contribution in [2.24, 2.45) is 5.92 Å². The highest BCUT2D eigenvalue weighted by Gasteiger charge is 2.05. The van der Waals surface area contributed by atoms with E-state index in [1.54, 1.807) is 0 Å². The van der Waals surface area contributed by atoms with Gasteiger partial charge in [0.25, 0.3) is 0 Å². The van der Waals surface area contributed by atoms with Crippen molar-refractivity contribution in [1.29, 1.82) is 0 Å². The molecule has 1 aromatic rings. The number of Topliss-reactive ketones (excluding diaryl/α,β-unsaturated/α-hetero) is 1. The molecule has 0 radical (unpaired) electrons. The monoisotopic (exact) mass is 268 g/mol. The van der Waals surface area contributed by atoms with Gasteiger partial charge in [-0.25, -0.2) is 0 Å². The molecule has 2 heteroatoms. The van der Waals surface area contributed by atoms with Crippen molar-refractivity contribution in [3.05, 3.63) is 34.3 Å². The fourth-order valence-corrected chi connectivity index (χ4v) is 1.76. The molecule has 1 rings (SSSR count). The van der Waals surface area contributed by atoms with Gasteiger partial charge in [-0.05, 0) is 30.0 Å². The van der Waals surface area contributed by atoms with Gasteiger partial charge in [0, 0.05) is 17.3 Å². The molecule has 0 spiro atoms. The van der Waals surface area contributed by atoms with E-state index in [-0.39, 0.29) is 0 Å². The Morgan fingerprint density at radius 2 is 1.87 bits per heavy atom. The molecular weight excluding hydrogens is 252 g/mol. The molecule has 0 aliphatic heterocycles. The molecule has 0 bridgehead atoms. The van der Waals surface area contributed by atoms with E-state index in [4.69, 9.17) is 0 Å². The SMILES string of the molecule is CC(C)CC(=O)CCc1ccc(Br)cc1. The lowest BCUT2D eigenvalue weighted by Crippen LogP contribution is -2.04. The van der Waals surface area contributed by atoms with E-state index in [9.17, 15) is 4.79 Å². The highest BCUT2D eigenvalue weighted by atomic mass is 79.9. The summed E-state index contributed by atoms with van der Waals surface area (Å²) in [5, 5.41) is 0. The average molecular weight is 269 g/mol. The summed E-state index contributed by atoms with van der Waals surface area (Å²) in [6.45, 7) is 4.16. The quantitative estimate of drug-likeness (QED) is 0.789. The smallest absolute Gasteiger partial charge is 0.133 e. The normalized spacial score (nSPS) is 10.7. The minimum absolute atomic E-state index is 0.368. The summed E-state index contributed by atoms with van der Waals surface area (Å²) in [6.07, 6.45) is 2.23. The van der Waals surface area contributed by atoms with E-state index in [1.807, 2.05) is 12.1 Å². The maximum atomic E-state index is 11.5. The van der Waals surface area contributed by atoms with Crippen molar-refractivity contribution in [3.8, 4) is 0 Å². The Kier molecular flexibility index (Phi) is 5.03. The van der Waals surface area contributed by atoms with Crippen molar-refractivity contribution in [3.63, 3.8) is 0 Å². The van der Waals surface area contributed by atoms with Crippen LogP contribution in [0.2, 0.25) is 0 Å². The van der Waals surface area contributed by atoms with Crippen LogP contribution in [-0.2, 0) is 11.2 Å². The van der Waals surface area contributed by atoms with E-state index < -0.39 is 0 Å². The third-order valence-corrected chi connectivity index (χ3v) is 2.77. The van der Waals surface area contributed by atoms with Crippen molar-refractivity contribution in [1.82, 2.24) is 0 Å². The fraction of sp³-hybridized carbons (Fsp3) is 0.462. The van der Waals surface area contributed by atoms with Gasteiger partial charge in [0.2, 0.25) is 0 Å². The van der Waals surface area contributed by atoms with Crippen LogP contribution >= 0.6 is 15.9 Å². The fourth-order valence-electron chi connectivity index (χ4n) is 1.49. The molecular formula is C13H17BrO. The Bertz CT molecular complexity index is 314. The van der Waals surface area contributed by atoms with Gasteiger partial charge >= 0.3 is 0 Å². The van der Waals surface area contributed by atoms with Crippen LogP contribution in [0.4, 0.5) is 0 Å². The molecule has 0 aliphatic rings. The summed E-state index contributed by atoms with van der Waals surface area (Å²) >= 11 is 3.39. The number of aryl methyl sites for hydroxylation is 1. The van der Waals surface area contributed by atoms with Crippen LogP contribution < -0.4 is 0 Å². The number of hydrogen-bond acceptors (Lipinski definition) is 1. The van der Waals surface area contributed by atoms with E-state index >= 15 is 0 Å². The summed E-state index contributed by atoms with van der Waals surface area (Å²) < 4.78 is 1.08. The molecule has 1 aromatic carbocycles. The van der Waals surface area contributed by atoms with Crippen molar-refractivity contribution < 1.29 is 4.79 Å². The summed E-state index contributed by atoms with van der Waals surface area (Å²) in [5.41, 5.74) is 1.23. The summed E-state index contributed by atoms with van der Waals surface area (Å²) in [4.78, 5) is 11.5. The number of ketones is 1. The second kappa shape index (κ2) is 6.06. The molecule has 15 heavy (non-hydrogen) atoms. The molecule has 82 valence electrons. The number of carbonyl (C=O) groups excluding carboxylic acids is 1. The maximum Gasteiger partial charge on any atom is 0.133 e. The largest absolute Gasteiger partial charge is 0.300 e. The van der Waals surface area contributed by atoms with Gasteiger partial charge in [-0.2, -0.15) is 0 Å². The zero-order valence-corrected chi connectivity index (χ0v) is 10.9. The minimum atomic E-state index is 0.368. The Morgan fingerprint density at radius 1 is 1.27 bits per heavy atom. The molecule has 1 nitrogen and oxygen atoms in total. The first-order chi connectivity index (χ1) is 7.08. The molecule has 0 saturated carbocycles. The highest BCUT2D eigenvalue weighted by molar-refractivity contribution is 9.10. The molecule has 0 amide bonds. The molecule has 0 saturated heterocycles. The first-order valence-corrected chi connectivity index (χ1v) is 6.13.